The van der Waals surface area contributed by atoms with Crippen LogP contribution < -0.4 is 29.6 Å². The van der Waals surface area contributed by atoms with Crippen molar-refractivity contribution in [1.82, 2.24) is 0 Å². The van der Waals surface area contributed by atoms with Crippen molar-refractivity contribution in [2.24, 2.45) is 0 Å². The van der Waals surface area contributed by atoms with Crippen LogP contribution in [-0.2, 0) is 16.5 Å². The molecule has 0 atom stereocenters. The minimum atomic E-state index is 0. The second-order valence-corrected chi connectivity index (χ2v) is 0. The van der Waals surface area contributed by atoms with Crippen molar-refractivity contribution in [3.05, 3.63) is 0 Å². The van der Waals surface area contributed by atoms with Crippen LogP contribution in [0.5, 0.6) is 0 Å². The largest absolute Gasteiger partial charge is 1.00 e. The van der Waals surface area contributed by atoms with E-state index in [4.69, 9.17) is 31.6 Å². The zero-order valence-electron chi connectivity index (χ0n) is 8.46. The van der Waals surface area contributed by atoms with Gasteiger partial charge in [0.05, 0.1) is 0 Å². The smallest absolute Gasteiger partial charge is 1.00 e. The summed E-state index contributed by atoms with van der Waals surface area (Å²) in [6, 6.07) is 0. The van der Waals surface area contributed by atoms with Gasteiger partial charge in [-0.1, -0.05) is 0 Å². The molecule has 0 aromatic carbocycles. The molecule has 0 amide bonds. The molecule has 0 rings (SSSR count). The summed E-state index contributed by atoms with van der Waals surface area (Å²) >= 11 is 0. The molecular formula is C6H7N6NaNi. The predicted molar refractivity (Wildman–Crippen MR) is 41.1 cm³/mol. The molecule has 0 saturated heterocycles. The summed E-state index contributed by atoms with van der Waals surface area (Å²) in [5.74, 6) is 0. The number of nitriles is 6. The Labute approximate surface area is 118 Å². The Morgan fingerprint density at radius 1 is 0.429 bits per heavy atom. The van der Waals surface area contributed by atoms with E-state index in [-0.39, 0.29) is 47.5 Å². The summed E-state index contributed by atoms with van der Waals surface area (Å²) in [4.78, 5) is 0. The number of hydrogen-bond donors (Lipinski definition) is 0. The maximum absolute atomic E-state index is 6.50. The van der Waals surface area contributed by atoms with Gasteiger partial charge in [0.25, 0.3) is 0 Å². The maximum atomic E-state index is 6.50. The summed E-state index contributed by atoms with van der Waals surface area (Å²) in [7, 11) is 0. The molecular weight excluding hydrogens is 238 g/mol. The summed E-state index contributed by atoms with van der Waals surface area (Å²) < 4.78 is 0. The zero-order valence-corrected chi connectivity index (χ0v) is 10.5. The molecule has 8 heteroatoms. The molecule has 0 aromatic rings. The van der Waals surface area contributed by atoms with E-state index in [1.54, 1.807) is 0 Å². The van der Waals surface area contributed by atoms with Crippen molar-refractivity contribution in [3.8, 4) is 39.4 Å². The summed E-state index contributed by atoms with van der Waals surface area (Å²) in [6.07, 6.45) is 0. The van der Waals surface area contributed by atoms with E-state index in [0.29, 0.717) is 0 Å². The SMILES string of the molecule is C#N.C#N.C#N.C#N.C#N.C#N.[H-].[Na+].[Ni]. The van der Waals surface area contributed by atoms with Crippen LogP contribution in [0.25, 0.3) is 0 Å². The fraction of sp³-hybridized carbons (Fsp3) is 0. The molecule has 0 fully saturated rings. The Balaban J connectivity index is -0.00000000396. The van der Waals surface area contributed by atoms with Gasteiger partial charge in [-0.15, -0.1) is 0 Å². The Morgan fingerprint density at radius 2 is 0.429 bits per heavy atom. The standard InChI is InChI=1S/6CHN.Na.Ni.H/c6*1-2;;;/h6*1H;;;/q;;;;;;+1;;-1. The molecule has 0 aliphatic rings. The molecule has 0 bridgehead atoms. The number of nitrogens with zero attached hydrogens (tertiary/aromatic N) is 6. The zero-order chi connectivity index (χ0) is 12.0. The minimum absolute atomic E-state index is 0. The first-order valence-corrected chi connectivity index (χ1v) is 1.55. The topological polar surface area (TPSA) is 143 Å². The molecule has 0 radical (unpaired) electrons. The van der Waals surface area contributed by atoms with Crippen LogP contribution in [0.3, 0.4) is 0 Å². The van der Waals surface area contributed by atoms with Crippen molar-refractivity contribution in [1.29, 1.82) is 31.6 Å². The van der Waals surface area contributed by atoms with Crippen LogP contribution in [0.1, 0.15) is 1.43 Å². The summed E-state index contributed by atoms with van der Waals surface area (Å²) in [6.45, 7) is 21.0. The van der Waals surface area contributed by atoms with E-state index in [1.165, 1.54) is 0 Å². The molecule has 6 nitrogen and oxygen atoms in total. The van der Waals surface area contributed by atoms with Gasteiger partial charge in [-0.3, -0.25) is 0 Å². The van der Waals surface area contributed by atoms with E-state index in [1.807, 2.05) is 0 Å². The van der Waals surface area contributed by atoms with Gasteiger partial charge in [0, 0.05) is 55.9 Å². The molecule has 0 spiro atoms. The van der Waals surface area contributed by atoms with Gasteiger partial charge in [0.15, 0.2) is 0 Å². The molecule has 72 valence electrons. The Bertz CT molecular complexity index is 103. The van der Waals surface area contributed by atoms with Gasteiger partial charge in [0.1, 0.15) is 0 Å². The van der Waals surface area contributed by atoms with Crippen LogP contribution in [0, 0.1) is 71.0 Å². The van der Waals surface area contributed by atoms with E-state index in [2.05, 4.69) is 39.4 Å². The molecule has 0 unspecified atom stereocenters. The molecule has 0 heterocycles. The maximum Gasteiger partial charge on any atom is 1.00 e. The fourth-order valence-electron chi connectivity index (χ4n) is 0. The molecule has 0 aliphatic heterocycles. The first-order chi connectivity index (χ1) is 6.00. The van der Waals surface area contributed by atoms with Gasteiger partial charge in [-0.05, 0) is 0 Å². The van der Waals surface area contributed by atoms with Gasteiger partial charge in [-0.2, -0.15) is 0 Å². The number of hydrogen-bond acceptors (Lipinski definition) is 6. The summed E-state index contributed by atoms with van der Waals surface area (Å²) in [5, 5.41) is 39.0. The molecule has 0 aromatic heterocycles. The molecule has 0 N–H and O–H groups in total. The first-order valence-electron chi connectivity index (χ1n) is 1.55. The predicted octanol–water partition coefficient (Wildman–Crippen LogP) is -2.05. The average molecular weight is 245 g/mol. The van der Waals surface area contributed by atoms with Gasteiger partial charge in [0.2, 0.25) is 0 Å². The van der Waals surface area contributed by atoms with E-state index < -0.39 is 0 Å². The second kappa shape index (κ2) is 507. The fourth-order valence-corrected chi connectivity index (χ4v) is 0. The van der Waals surface area contributed by atoms with Crippen molar-refractivity contribution in [2.45, 2.75) is 0 Å². The Hall–Kier alpha value is -1.57. The van der Waals surface area contributed by atoms with Crippen LogP contribution in [0.2, 0.25) is 0 Å². The van der Waals surface area contributed by atoms with Gasteiger partial charge in [-0.25, -0.2) is 31.6 Å². The Kier molecular flexibility index (Phi) is 3000. The van der Waals surface area contributed by atoms with Crippen molar-refractivity contribution in [2.75, 3.05) is 0 Å². The Morgan fingerprint density at radius 3 is 0.429 bits per heavy atom. The monoisotopic (exact) mass is 244 g/mol. The quantitative estimate of drug-likeness (QED) is 0.449. The van der Waals surface area contributed by atoms with Crippen LogP contribution >= 0.6 is 0 Å². The normalized spacial score (nSPS) is 0.857. The first kappa shape index (κ1) is 82.7. The molecule has 14 heavy (non-hydrogen) atoms. The van der Waals surface area contributed by atoms with Gasteiger partial charge < -0.3 is 1.43 Å². The molecule has 0 aliphatic carbocycles. The summed E-state index contributed by atoms with van der Waals surface area (Å²) in [5.41, 5.74) is 0. The van der Waals surface area contributed by atoms with Crippen LogP contribution in [-0.4, -0.2) is 0 Å². The third-order valence-electron chi connectivity index (χ3n) is 0. The van der Waals surface area contributed by atoms with Crippen molar-refractivity contribution < 1.29 is 47.5 Å². The van der Waals surface area contributed by atoms with Gasteiger partial charge >= 0.3 is 29.6 Å². The van der Waals surface area contributed by atoms with E-state index in [0.717, 1.165) is 0 Å². The third-order valence-corrected chi connectivity index (χ3v) is 0. The minimum Gasteiger partial charge on any atom is -1.00 e. The van der Waals surface area contributed by atoms with E-state index >= 15 is 0 Å². The van der Waals surface area contributed by atoms with Crippen molar-refractivity contribution >= 4 is 0 Å². The average Bonchev–Trinajstić information content (AvgIpc) is 2.33. The van der Waals surface area contributed by atoms with Crippen LogP contribution in [0.4, 0.5) is 0 Å². The molecule has 0 saturated carbocycles. The number of rotatable bonds is 0. The van der Waals surface area contributed by atoms with Crippen LogP contribution in [0.15, 0.2) is 0 Å². The van der Waals surface area contributed by atoms with Crippen molar-refractivity contribution in [3.63, 3.8) is 0 Å². The third kappa shape index (κ3) is 378. The van der Waals surface area contributed by atoms with E-state index in [9.17, 15) is 0 Å². The second-order valence-electron chi connectivity index (χ2n) is 0.